The first-order chi connectivity index (χ1) is 14.0. The number of sulfonamides is 1. The van der Waals surface area contributed by atoms with Crippen molar-refractivity contribution in [3.63, 3.8) is 0 Å². The Balaban J connectivity index is 1.43. The van der Waals surface area contributed by atoms with Crippen molar-refractivity contribution in [3.8, 4) is 0 Å². The van der Waals surface area contributed by atoms with Crippen molar-refractivity contribution < 1.29 is 13.2 Å². The largest absolute Gasteiger partial charge is 0.324 e. The van der Waals surface area contributed by atoms with E-state index in [0.29, 0.717) is 11.2 Å². The first-order valence-corrected chi connectivity index (χ1v) is 9.97. The number of nitrogens with zero attached hydrogens (tertiary/aromatic N) is 5. The molecule has 0 aliphatic heterocycles. The molecule has 11 heteroatoms. The maximum Gasteiger partial charge on any atom is 0.264 e. The van der Waals surface area contributed by atoms with E-state index in [1.165, 1.54) is 41.3 Å². The summed E-state index contributed by atoms with van der Waals surface area (Å²) >= 11 is 0. The summed E-state index contributed by atoms with van der Waals surface area (Å²) in [5, 5.41) is 10.7. The minimum absolute atomic E-state index is 0.0187. The number of para-hydroxylation sites is 1. The summed E-state index contributed by atoms with van der Waals surface area (Å²) in [5.74, 6) is -0.336. The van der Waals surface area contributed by atoms with E-state index >= 15 is 0 Å². The Morgan fingerprint density at radius 1 is 0.966 bits per heavy atom. The molecule has 0 atom stereocenters. The molecule has 0 saturated carbocycles. The van der Waals surface area contributed by atoms with Crippen LogP contribution in [0.15, 0.2) is 71.9 Å². The summed E-state index contributed by atoms with van der Waals surface area (Å²) in [6.07, 6.45) is 2.86. The van der Waals surface area contributed by atoms with E-state index < -0.39 is 10.0 Å². The number of hydrogen-bond donors (Lipinski definition) is 2. The van der Waals surface area contributed by atoms with E-state index in [1.54, 1.807) is 6.07 Å². The maximum atomic E-state index is 12.4. The lowest BCUT2D eigenvalue weighted by atomic mass is 10.3. The standard InChI is InChI=1S/C18H15N7O3S/c26-17(12-25-16-5-2-1-4-15(16)22-24-25)21-13-6-8-14(9-7-13)29(27,28)23-18-19-10-3-11-20-18/h1-11H,12H2,(H,21,26)(H,19,20,23). The van der Waals surface area contributed by atoms with Crippen molar-refractivity contribution in [1.82, 2.24) is 25.0 Å². The van der Waals surface area contributed by atoms with Gasteiger partial charge in [-0.2, -0.15) is 0 Å². The van der Waals surface area contributed by atoms with Crippen LogP contribution in [0.25, 0.3) is 11.0 Å². The fourth-order valence-corrected chi connectivity index (χ4v) is 3.58. The van der Waals surface area contributed by atoms with Crippen molar-refractivity contribution in [2.24, 2.45) is 0 Å². The lowest BCUT2D eigenvalue weighted by Gasteiger charge is -2.08. The molecule has 0 spiro atoms. The first-order valence-electron chi connectivity index (χ1n) is 8.49. The summed E-state index contributed by atoms with van der Waals surface area (Å²) in [7, 11) is -3.83. The van der Waals surface area contributed by atoms with Crippen molar-refractivity contribution in [2.75, 3.05) is 10.0 Å². The second kappa shape index (κ2) is 7.64. The van der Waals surface area contributed by atoms with Crippen LogP contribution in [0.5, 0.6) is 0 Å². The zero-order valence-electron chi connectivity index (χ0n) is 14.9. The predicted octanol–water partition coefficient (Wildman–Crippen LogP) is 1.66. The van der Waals surface area contributed by atoms with Gasteiger partial charge in [0.25, 0.3) is 10.0 Å². The molecule has 2 aromatic heterocycles. The van der Waals surface area contributed by atoms with Gasteiger partial charge >= 0.3 is 0 Å². The SMILES string of the molecule is O=C(Cn1nnc2ccccc21)Nc1ccc(S(=O)(=O)Nc2ncccn2)cc1. The van der Waals surface area contributed by atoms with E-state index in [9.17, 15) is 13.2 Å². The molecule has 2 aromatic carbocycles. The Hall–Kier alpha value is -3.86. The molecule has 0 radical (unpaired) electrons. The van der Waals surface area contributed by atoms with Crippen molar-refractivity contribution in [2.45, 2.75) is 11.4 Å². The number of aromatic nitrogens is 5. The van der Waals surface area contributed by atoms with Crippen LogP contribution in [0.1, 0.15) is 0 Å². The van der Waals surface area contributed by atoms with Gasteiger partial charge in [-0.15, -0.1) is 5.10 Å². The average Bonchev–Trinajstić information content (AvgIpc) is 3.12. The molecule has 4 aromatic rings. The Morgan fingerprint density at radius 3 is 2.45 bits per heavy atom. The van der Waals surface area contributed by atoms with Crippen LogP contribution in [-0.2, 0) is 21.4 Å². The molecule has 4 rings (SSSR count). The van der Waals surface area contributed by atoms with Crippen LogP contribution in [-0.4, -0.2) is 39.3 Å². The molecule has 10 nitrogen and oxygen atoms in total. The van der Waals surface area contributed by atoms with Crippen molar-refractivity contribution in [3.05, 3.63) is 67.0 Å². The van der Waals surface area contributed by atoms with Crippen molar-refractivity contribution in [1.29, 1.82) is 0 Å². The minimum Gasteiger partial charge on any atom is -0.324 e. The normalized spacial score (nSPS) is 11.3. The second-order valence-electron chi connectivity index (χ2n) is 5.99. The van der Waals surface area contributed by atoms with Crippen LogP contribution in [0.3, 0.4) is 0 Å². The number of hydrogen-bond acceptors (Lipinski definition) is 7. The third-order valence-corrected chi connectivity index (χ3v) is 5.30. The van der Waals surface area contributed by atoms with Gasteiger partial charge in [0.1, 0.15) is 12.1 Å². The highest BCUT2D eigenvalue weighted by Crippen LogP contribution is 2.17. The minimum atomic E-state index is -3.83. The topological polar surface area (TPSA) is 132 Å². The number of nitrogens with one attached hydrogen (secondary N) is 2. The third kappa shape index (κ3) is 4.19. The summed E-state index contributed by atoms with van der Waals surface area (Å²) < 4.78 is 28.5. The zero-order valence-corrected chi connectivity index (χ0v) is 15.7. The van der Waals surface area contributed by atoms with Gasteiger partial charge in [-0.25, -0.2) is 27.8 Å². The number of amides is 1. The summed E-state index contributed by atoms with van der Waals surface area (Å²) in [5.41, 5.74) is 1.90. The Kier molecular flexibility index (Phi) is 4.87. The maximum absolute atomic E-state index is 12.4. The Bertz CT molecular complexity index is 1260. The lowest BCUT2D eigenvalue weighted by Crippen LogP contribution is -2.19. The van der Waals surface area contributed by atoms with Gasteiger partial charge in [-0.3, -0.25) is 4.79 Å². The second-order valence-corrected chi connectivity index (χ2v) is 7.67. The zero-order chi connectivity index (χ0) is 20.3. The highest BCUT2D eigenvalue weighted by molar-refractivity contribution is 7.92. The Labute approximate surface area is 165 Å². The number of benzene rings is 2. The number of carbonyl (C=O) groups is 1. The van der Waals surface area contributed by atoms with Gasteiger partial charge in [-0.05, 0) is 42.5 Å². The van der Waals surface area contributed by atoms with E-state index in [4.69, 9.17) is 0 Å². The monoisotopic (exact) mass is 409 g/mol. The number of carbonyl (C=O) groups excluding carboxylic acids is 1. The van der Waals surface area contributed by atoms with Crippen molar-refractivity contribution >= 4 is 38.6 Å². The molecule has 0 fully saturated rings. The van der Waals surface area contributed by atoms with E-state index in [0.717, 1.165) is 5.52 Å². The van der Waals surface area contributed by atoms with Crippen LogP contribution < -0.4 is 10.0 Å². The number of fused-ring (bicyclic) bond motifs is 1. The lowest BCUT2D eigenvalue weighted by molar-refractivity contribution is -0.116. The van der Waals surface area contributed by atoms with Gasteiger partial charge in [0.05, 0.1) is 10.4 Å². The van der Waals surface area contributed by atoms with Crippen LogP contribution in [0.2, 0.25) is 0 Å². The van der Waals surface area contributed by atoms with Gasteiger partial charge < -0.3 is 5.32 Å². The van der Waals surface area contributed by atoms with E-state index in [1.807, 2.05) is 24.3 Å². The summed E-state index contributed by atoms with van der Waals surface area (Å²) in [6.45, 7) is -0.0204. The smallest absolute Gasteiger partial charge is 0.264 e. The molecular formula is C18H15N7O3S. The molecule has 0 bridgehead atoms. The van der Waals surface area contributed by atoms with E-state index in [2.05, 4.69) is 30.3 Å². The molecule has 2 heterocycles. The van der Waals surface area contributed by atoms with Gasteiger partial charge in [0, 0.05) is 18.1 Å². The molecule has 0 aliphatic carbocycles. The van der Waals surface area contributed by atoms with Crippen LogP contribution >= 0.6 is 0 Å². The third-order valence-electron chi connectivity index (χ3n) is 3.95. The average molecular weight is 409 g/mol. The molecule has 0 saturated heterocycles. The van der Waals surface area contributed by atoms with Gasteiger partial charge in [-0.1, -0.05) is 17.3 Å². The first kappa shape index (κ1) is 18.5. The highest BCUT2D eigenvalue weighted by atomic mass is 32.2. The van der Waals surface area contributed by atoms with E-state index in [-0.39, 0.29) is 23.3 Å². The predicted molar refractivity (Wildman–Crippen MR) is 105 cm³/mol. The van der Waals surface area contributed by atoms with Gasteiger partial charge in [0.15, 0.2) is 0 Å². The molecule has 0 unspecified atom stereocenters. The number of anilines is 2. The summed E-state index contributed by atoms with van der Waals surface area (Å²) in [4.78, 5) is 20.0. The Morgan fingerprint density at radius 2 is 1.69 bits per heavy atom. The molecule has 0 aliphatic rings. The van der Waals surface area contributed by atoms with Crippen LogP contribution in [0.4, 0.5) is 11.6 Å². The highest BCUT2D eigenvalue weighted by Gasteiger charge is 2.16. The summed E-state index contributed by atoms with van der Waals surface area (Å²) in [6, 6.07) is 14.7. The fraction of sp³-hybridized carbons (Fsp3) is 0.0556. The molecule has 146 valence electrons. The molecular weight excluding hydrogens is 394 g/mol. The quantitative estimate of drug-likeness (QED) is 0.495. The fourth-order valence-electron chi connectivity index (χ4n) is 2.62. The molecule has 2 N–H and O–H groups in total. The molecule has 1 amide bonds. The van der Waals surface area contributed by atoms with Crippen LogP contribution in [0, 0.1) is 0 Å². The number of rotatable bonds is 6. The van der Waals surface area contributed by atoms with Gasteiger partial charge in [0.2, 0.25) is 11.9 Å². The molecule has 29 heavy (non-hydrogen) atoms.